The molecule has 2 aromatic rings. The topological polar surface area (TPSA) is 17.8 Å². The Morgan fingerprint density at radius 1 is 0.640 bits per heavy atom. The van der Waals surface area contributed by atoms with Crippen molar-refractivity contribution in [2.75, 3.05) is 0 Å². The fraction of sp³-hybridized carbons (Fsp3) is 0.696. The minimum Gasteiger partial charge on any atom is -0.263 e. The third-order valence-electron chi connectivity index (χ3n) is 4.77. The summed E-state index contributed by atoms with van der Waals surface area (Å²) in [6, 6.07) is 4.76. The van der Waals surface area contributed by atoms with E-state index in [1.165, 1.54) is 22.2 Å². The first kappa shape index (κ1) is 20.0. The number of nitrogens with zero attached hydrogens (tertiary/aromatic N) is 2. The average molecular weight is 343 g/mol. The van der Waals surface area contributed by atoms with E-state index in [-0.39, 0.29) is 21.8 Å². The van der Waals surface area contributed by atoms with Crippen molar-refractivity contribution in [3.63, 3.8) is 0 Å². The maximum absolute atomic E-state index is 5.06. The molecule has 0 N–H and O–H groups in total. The predicted octanol–water partition coefficient (Wildman–Crippen LogP) is 6.68. The Morgan fingerprint density at radius 3 is 1.44 bits per heavy atom. The van der Waals surface area contributed by atoms with Gasteiger partial charge < -0.3 is 0 Å². The molecule has 25 heavy (non-hydrogen) atoms. The first-order chi connectivity index (χ1) is 10.9. The number of rotatable bonds is 0. The molecule has 0 unspecified atom stereocenters. The van der Waals surface area contributed by atoms with Crippen molar-refractivity contribution in [1.29, 1.82) is 0 Å². The normalized spacial score (nSPS) is 14.4. The molecule has 0 aliphatic rings. The molecular formula is C23H38N2. The van der Waals surface area contributed by atoms with Crippen molar-refractivity contribution in [2.45, 2.75) is 105 Å². The Labute approximate surface area is 155 Å². The molecule has 0 spiro atoms. The van der Waals surface area contributed by atoms with E-state index in [1.807, 2.05) is 0 Å². The molecule has 0 aliphatic heterocycles. The molecule has 0 fully saturated rings. The maximum Gasteiger partial charge on any atom is 0.0929 e. The summed E-state index contributed by atoms with van der Waals surface area (Å²) < 4.78 is 2.25. The van der Waals surface area contributed by atoms with Gasteiger partial charge in [-0.15, -0.1) is 0 Å². The molecular weight excluding hydrogens is 304 g/mol. The molecule has 0 bridgehead atoms. The number of aromatic nitrogens is 2. The summed E-state index contributed by atoms with van der Waals surface area (Å²) in [6.07, 6.45) is 0. The van der Waals surface area contributed by atoms with Crippen molar-refractivity contribution in [2.24, 2.45) is 0 Å². The standard InChI is InChI=1S/C23H38N2/c1-20(2,3)16-13-15-18(14-17(16)21(4,5)6)24-25(23(10,11)12)19(15)22(7,8)9/h13-14H,1-12H3. The molecule has 0 saturated carbocycles. The SMILES string of the molecule is CC(C)(C)c1cc2nn(C(C)(C)C)c(C(C)(C)C)c2cc1C(C)(C)C. The Bertz CT molecular complexity index is 767. The van der Waals surface area contributed by atoms with E-state index in [0.717, 1.165) is 5.52 Å². The zero-order valence-corrected chi connectivity index (χ0v) is 18.5. The lowest BCUT2D eigenvalue weighted by molar-refractivity contribution is 0.325. The third-order valence-corrected chi connectivity index (χ3v) is 4.77. The van der Waals surface area contributed by atoms with Crippen LogP contribution >= 0.6 is 0 Å². The van der Waals surface area contributed by atoms with Crippen LogP contribution in [0.25, 0.3) is 10.9 Å². The van der Waals surface area contributed by atoms with Crippen molar-refractivity contribution >= 4 is 10.9 Å². The average Bonchev–Trinajstić information content (AvgIpc) is 2.72. The number of benzene rings is 1. The van der Waals surface area contributed by atoms with Crippen LogP contribution in [0, 0.1) is 0 Å². The lowest BCUT2D eigenvalue weighted by Crippen LogP contribution is -2.30. The second-order valence-electron chi connectivity index (χ2n) is 11.6. The number of hydrogen-bond acceptors (Lipinski definition) is 1. The molecule has 2 heteroatoms. The Balaban J connectivity index is 3.01. The van der Waals surface area contributed by atoms with Crippen LogP contribution < -0.4 is 0 Å². The zero-order chi connectivity index (χ0) is 19.6. The van der Waals surface area contributed by atoms with Crippen molar-refractivity contribution in [3.8, 4) is 0 Å². The van der Waals surface area contributed by atoms with Gasteiger partial charge in [-0.1, -0.05) is 62.3 Å². The summed E-state index contributed by atoms with van der Waals surface area (Å²) in [5, 5.41) is 6.37. The highest BCUT2D eigenvalue weighted by atomic mass is 15.3. The molecule has 0 radical (unpaired) electrons. The summed E-state index contributed by atoms with van der Waals surface area (Å²) in [7, 11) is 0. The van der Waals surface area contributed by atoms with E-state index in [9.17, 15) is 0 Å². The number of fused-ring (bicyclic) bond motifs is 1. The van der Waals surface area contributed by atoms with Crippen LogP contribution in [0.3, 0.4) is 0 Å². The minimum absolute atomic E-state index is 0.0363. The van der Waals surface area contributed by atoms with Gasteiger partial charge in [0.2, 0.25) is 0 Å². The monoisotopic (exact) mass is 342 g/mol. The van der Waals surface area contributed by atoms with Crippen LogP contribution in [0.4, 0.5) is 0 Å². The third kappa shape index (κ3) is 3.78. The minimum atomic E-state index is -0.0363. The van der Waals surface area contributed by atoms with Gasteiger partial charge in [0.1, 0.15) is 0 Å². The van der Waals surface area contributed by atoms with Gasteiger partial charge in [-0.2, -0.15) is 5.10 Å². The van der Waals surface area contributed by atoms with E-state index in [0.29, 0.717) is 0 Å². The van der Waals surface area contributed by atoms with Gasteiger partial charge in [0.25, 0.3) is 0 Å². The fourth-order valence-electron chi connectivity index (χ4n) is 3.58. The highest BCUT2D eigenvalue weighted by molar-refractivity contribution is 5.85. The van der Waals surface area contributed by atoms with Crippen molar-refractivity contribution in [1.82, 2.24) is 9.78 Å². The van der Waals surface area contributed by atoms with Crippen LogP contribution in [0.5, 0.6) is 0 Å². The predicted molar refractivity (Wildman–Crippen MR) is 111 cm³/mol. The molecule has 2 rings (SSSR count). The second kappa shape index (κ2) is 5.59. The summed E-state index contributed by atoms with van der Waals surface area (Å²) in [5.74, 6) is 0. The molecule has 0 amide bonds. The summed E-state index contributed by atoms with van der Waals surface area (Å²) in [6.45, 7) is 27.4. The Hall–Kier alpha value is -1.31. The second-order valence-corrected chi connectivity index (χ2v) is 11.6. The first-order valence-electron chi connectivity index (χ1n) is 9.53. The first-order valence-corrected chi connectivity index (χ1v) is 9.53. The lowest BCUT2D eigenvalue weighted by atomic mass is 9.74. The van der Waals surface area contributed by atoms with Crippen LogP contribution in [0.15, 0.2) is 12.1 Å². The van der Waals surface area contributed by atoms with Gasteiger partial charge in [0, 0.05) is 10.8 Å². The van der Waals surface area contributed by atoms with E-state index in [4.69, 9.17) is 5.10 Å². The number of hydrogen-bond donors (Lipinski definition) is 0. The van der Waals surface area contributed by atoms with Gasteiger partial charge in [0.05, 0.1) is 16.7 Å². The van der Waals surface area contributed by atoms with Gasteiger partial charge >= 0.3 is 0 Å². The highest BCUT2D eigenvalue weighted by Crippen LogP contribution is 2.40. The Morgan fingerprint density at radius 2 is 1.08 bits per heavy atom. The highest BCUT2D eigenvalue weighted by Gasteiger charge is 2.32. The van der Waals surface area contributed by atoms with Crippen LogP contribution in [0.2, 0.25) is 0 Å². The summed E-state index contributed by atoms with van der Waals surface area (Å²) >= 11 is 0. The van der Waals surface area contributed by atoms with E-state index in [2.05, 4.69) is 99.9 Å². The molecule has 0 saturated heterocycles. The maximum atomic E-state index is 5.06. The van der Waals surface area contributed by atoms with Gasteiger partial charge in [-0.05, 0) is 54.9 Å². The lowest BCUT2D eigenvalue weighted by Gasteiger charge is -2.31. The zero-order valence-electron chi connectivity index (χ0n) is 18.5. The van der Waals surface area contributed by atoms with Crippen molar-refractivity contribution < 1.29 is 0 Å². The Kier molecular flexibility index (Phi) is 4.48. The molecule has 0 atom stereocenters. The summed E-state index contributed by atoms with van der Waals surface area (Å²) in [4.78, 5) is 0. The molecule has 1 aromatic carbocycles. The van der Waals surface area contributed by atoms with Gasteiger partial charge in [0.15, 0.2) is 0 Å². The van der Waals surface area contributed by atoms with Gasteiger partial charge in [-0.3, -0.25) is 4.68 Å². The van der Waals surface area contributed by atoms with Crippen LogP contribution in [-0.4, -0.2) is 9.78 Å². The van der Waals surface area contributed by atoms with Crippen LogP contribution in [-0.2, 0) is 21.8 Å². The van der Waals surface area contributed by atoms with Crippen molar-refractivity contribution in [3.05, 3.63) is 29.0 Å². The van der Waals surface area contributed by atoms with E-state index in [1.54, 1.807) is 0 Å². The van der Waals surface area contributed by atoms with E-state index < -0.39 is 0 Å². The van der Waals surface area contributed by atoms with E-state index >= 15 is 0 Å². The fourth-order valence-corrected chi connectivity index (χ4v) is 3.58. The van der Waals surface area contributed by atoms with Crippen LogP contribution in [0.1, 0.15) is 99.9 Å². The molecule has 2 nitrogen and oxygen atoms in total. The largest absolute Gasteiger partial charge is 0.263 e. The quantitative estimate of drug-likeness (QED) is 0.522. The molecule has 1 heterocycles. The molecule has 140 valence electrons. The molecule has 0 aliphatic carbocycles. The van der Waals surface area contributed by atoms with Gasteiger partial charge in [-0.25, -0.2) is 0 Å². The molecule has 1 aromatic heterocycles. The smallest absolute Gasteiger partial charge is 0.0929 e. The summed E-state index contributed by atoms with van der Waals surface area (Å²) in [5.41, 5.74) is 5.52.